The molecule has 6 rings (SSSR count). The number of anilines is 1. The number of thiophene rings is 1. The molecule has 2 N–H and O–H groups in total. The molecule has 0 atom stereocenters. The van der Waals surface area contributed by atoms with E-state index in [0.29, 0.717) is 33.9 Å². The number of aryl methyl sites for hydroxylation is 1. The minimum absolute atomic E-state index is 0.0836. The summed E-state index contributed by atoms with van der Waals surface area (Å²) in [6.45, 7) is -2.98. The molecule has 0 amide bonds. The second-order valence-electron chi connectivity index (χ2n) is 8.63. The van der Waals surface area contributed by atoms with Gasteiger partial charge in [0.05, 0.1) is 37.7 Å². The number of nitrogens with zero attached hydrogens (tertiary/aromatic N) is 3. The molecule has 2 aromatic carbocycles. The number of halogens is 3. The second kappa shape index (κ2) is 8.07. The van der Waals surface area contributed by atoms with Crippen LogP contribution in [0.25, 0.3) is 37.9 Å². The molecule has 1 fully saturated rings. The molecule has 1 aliphatic rings. The molecule has 3 heterocycles. The fraction of sp³-hybridized carbons (Fsp3) is 0.200. The molecule has 0 saturated heterocycles. The number of aromatic nitrogens is 3. The maximum absolute atomic E-state index is 14.0. The van der Waals surface area contributed by atoms with Crippen molar-refractivity contribution in [3.8, 4) is 22.6 Å². The van der Waals surface area contributed by atoms with E-state index in [0.717, 1.165) is 33.3 Å². The molecule has 0 aliphatic heterocycles. The van der Waals surface area contributed by atoms with Crippen LogP contribution >= 0.6 is 22.9 Å². The van der Waals surface area contributed by atoms with Crippen LogP contribution in [0.15, 0.2) is 53.5 Å². The van der Waals surface area contributed by atoms with Crippen LogP contribution in [0.2, 0.25) is 5.02 Å². The zero-order valence-corrected chi connectivity index (χ0v) is 20.0. The summed E-state index contributed by atoms with van der Waals surface area (Å²) in [5.41, 5.74) is 9.55. The van der Waals surface area contributed by atoms with E-state index in [1.165, 1.54) is 22.8 Å². The predicted octanol–water partition coefficient (Wildman–Crippen LogP) is 6.32. The van der Waals surface area contributed by atoms with E-state index in [4.69, 9.17) is 17.3 Å². The quantitative estimate of drug-likeness (QED) is 0.299. The van der Waals surface area contributed by atoms with Gasteiger partial charge < -0.3 is 10.5 Å². The van der Waals surface area contributed by atoms with Crippen LogP contribution < -0.4 is 16.0 Å². The summed E-state index contributed by atoms with van der Waals surface area (Å²) in [4.78, 5) is 15.2. The Morgan fingerprint density at radius 1 is 1.20 bits per heavy atom. The Balaban J connectivity index is 1.63. The topological polar surface area (TPSA) is 75.1 Å². The third-order valence-electron chi connectivity index (χ3n) is 6.18. The minimum Gasteiger partial charge on any atom is -0.435 e. The van der Waals surface area contributed by atoms with Crippen molar-refractivity contribution in [1.29, 1.82) is 0 Å². The highest BCUT2D eigenvalue weighted by Gasteiger charge is 2.28. The van der Waals surface area contributed by atoms with Gasteiger partial charge in [-0.1, -0.05) is 17.7 Å². The van der Waals surface area contributed by atoms with Crippen molar-refractivity contribution in [2.24, 2.45) is 7.05 Å². The molecule has 178 valence electrons. The van der Waals surface area contributed by atoms with Crippen molar-refractivity contribution in [2.45, 2.75) is 25.4 Å². The van der Waals surface area contributed by atoms with Crippen molar-refractivity contribution < 1.29 is 13.5 Å². The maximum atomic E-state index is 14.0. The van der Waals surface area contributed by atoms with Gasteiger partial charge in [-0.2, -0.15) is 13.9 Å². The van der Waals surface area contributed by atoms with Gasteiger partial charge in [-0.3, -0.25) is 14.0 Å². The Kier molecular flexibility index (Phi) is 5.08. The zero-order valence-electron chi connectivity index (χ0n) is 18.5. The number of fused-ring (bicyclic) bond motifs is 2. The molecule has 0 bridgehead atoms. The SMILES string of the molecule is Cn1cc2cc(-c3c(N)c4sc(C5CC5)cc4n(-c4ccc(OC(F)F)cc4Cl)c3=O)ccc2n1. The number of hydrogen-bond donors (Lipinski definition) is 1. The molecule has 1 saturated carbocycles. The van der Waals surface area contributed by atoms with Gasteiger partial charge in [-0.05, 0) is 54.7 Å². The highest BCUT2D eigenvalue weighted by atomic mass is 35.5. The van der Waals surface area contributed by atoms with Crippen molar-refractivity contribution in [1.82, 2.24) is 14.3 Å². The van der Waals surface area contributed by atoms with Gasteiger partial charge in [0.2, 0.25) is 0 Å². The van der Waals surface area contributed by atoms with Crippen molar-refractivity contribution in [2.75, 3.05) is 5.73 Å². The molecular formula is C25H19ClF2N4O2S. The van der Waals surface area contributed by atoms with Gasteiger partial charge in [0, 0.05) is 29.6 Å². The lowest BCUT2D eigenvalue weighted by molar-refractivity contribution is -0.0498. The summed E-state index contributed by atoms with van der Waals surface area (Å²) in [6.07, 6.45) is 4.07. The summed E-state index contributed by atoms with van der Waals surface area (Å²) < 4.78 is 33.9. The van der Waals surface area contributed by atoms with Gasteiger partial charge in [-0.15, -0.1) is 11.3 Å². The van der Waals surface area contributed by atoms with E-state index >= 15 is 0 Å². The number of nitrogen functional groups attached to an aromatic ring is 1. The average Bonchev–Trinajstić information content (AvgIpc) is 3.44. The predicted molar refractivity (Wildman–Crippen MR) is 135 cm³/mol. The Hall–Kier alpha value is -3.43. The van der Waals surface area contributed by atoms with E-state index < -0.39 is 6.61 Å². The van der Waals surface area contributed by atoms with Gasteiger partial charge in [0.1, 0.15) is 5.75 Å². The van der Waals surface area contributed by atoms with Gasteiger partial charge in [-0.25, -0.2) is 0 Å². The third-order valence-corrected chi connectivity index (χ3v) is 7.80. The lowest BCUT2D eigenvalue weighted by Crippen LogP contribution is -2.22. The van der Waals surface area contributed by atoms with Crippen LogP contribution in [0, 0.1) is 0 Å². The third kappa shape index (κ3) is 3.75. The van der Waals surface area contributed by atoms with Crippen LogP contribution in [0.3, 0.4) is 0 Å². The molecule has 0 unspecified atom stereocenters. The summed E-state index contributed by atoms with van der Waals surface area (Å²) in [7, 11) is 1.83. The minimum atomic E-state index is -2.98. The number of hydrogen-bond acceptors (Lipinski definition) is 5. The number of benzene rings is 2. The molecule has 10 heteroatoms. The van der Waals surface area contributed by atoms with Crippen LogP contribution in [-0.4, -0.2) is 21.0 Å². The lowest BCUT2D eigenvalue weighted by Gasteiger charge is -2.16. The molecule has 6 nitrogen and oxygen atoms in total. The summed E-state index contributed by atoms with van der Waals surface area (Å²) in [6, 6.07) is 11.7. The van der Waals surface area contributed by atoms with E-state index in [9.17, 15) is 13.6 Å². The molecule has 0 radical (unpaired) electrons. The molecule has 35 heavy (non-hydrogen) atoms. The zero-order chi connectivity index (χ0) is 24.4. The van der Waals surface area contributed by atoms with Gasteiger partial charge in [0.15, 0.2) is 0 Å². The Morgan fingerprint density at radius 3 is 2.71 bits per heavy atom. The first-order chi connectivity index (χ1) is 16.8. The number of ether oxygens (including phenoxy) is 1. The summed E-state index contributed by atoms with van der Waals surface area (Å²) >= 11 is 8.07. The molecule has 0 spiro atoms. The second-order valence-corrected chi connectivity index (χ2v) is 10.1. The number of alkyl halides is 2. The Labute approximate surface area is 207 Å². The van der Waals surface area contributed by atoms with Crippen LogP contribution in [-0.2, 0) is 7.05 Å². The van der Waals surface area contributed by atoms with Crippen LogP contribution in [0.4, 0.5) is 14.5 Å². The molecule has 1 aliphatic carbocycles. The normalized spacial score (nSPS) is 13.9. The largest absolute Gasteiger partial charge is 0.435 e. The first-order valence-corrected chi connectivity index (χ1v) is 12.2. The highest BCUT2D eigenvalue weighted by Crippen LogP contribution is 2.47. The van der Waals surface area contributed by atoms with E-state index in [1.807, 2.05) is 37.5 Å². The lowest BCUT2D eigenvalue weighted by atomic mass is 10.0. The maximum Gasteiger partial charge on any atom is 0.387 e. The fourth-order valence-corrected chi connectivity index (χ4v) is 5.98. The molecular weight excluding hydrogens is 494 g/mol. The fourth-order valence-electron chi connectivity index (χ4n) is 4.45. The monoisotopic (exact) mass is 512 g/mol. The van der Waals surface area contributed by atoms with Crippen LogP contribution in [0.5, 0.6) is 5.75 Å². The summed E-state index contributed by atoms with van der Waals surface area (Å²) in [5, 5.41) is 5.40. The highest BCUT2D eigenvalue weighted by molar-refractivity contribution is 7.19. The summed E-state index contributed by atoms with van der Waals surface area (Å²) in [5.74, 6) is 0.377. The Bertz CT molecular complexity index is 1690. The molecule has 3 aromatic heterocycles. The van der Waals surface area contributed by atoms with Crippen molar-refractivity contribution in [3.63, 3.8) is 0 Å². The van der Waals surface area contributed by atoms with E-state index in [1.54, 1.807) is 16.0 Å². The number of nitrogens with two attached hydrogens (primary N) is 1. The average molecular weight is 513 g/mol. The first-order valence-electron chi connectivity index (χ1n) is 11.0. The number of rotatable bonds is 5. The molecule has 5 aromatic rings. The first kappa shape index (κ1) is 22.1. The smallest absolute Gasteiger partial charge is 0.387 e. The number of pyridine rings is 1. The van der Waals surface area contributed by atoms with E-state index in [-0.39, 0.29) is 16.3 Å². The van der Waals surface area contributed by atoms with E-state index in [2.05, 4.69) is 9.84 Å². The van der Waals surface area contributed by atoms with Crippen molar-refractivity contribution >= 4 is 49.7 Å². The van der Waals surface area contributed by atoms with Crippen LogP contribution in [0.1, 0.15) is 23.6 Å². The standard InChI is InChI=1S/C25H19ClF2N4O2S/c1-31-11-14-8-13(4-6-17(14)30-31)21-22(29)23-19(10-20(35-23)12-2-3-12)32(24(21)33)18-7-5-15(9-16(18)26)34-25(27)28/h4-12,25H,2-3,29H2,1H3. The van der Waals surface area contributed by atoms with Crippen molar-refractivity contribution in [3.05, 3.63) is 68.9 Å². The van der Waals surface area contributed by atoms with Gasteiger partial charge >= 0.3 is 6.61 Å². The Morgan fingerprint density at radius 2 is 2.00 bits per heavy atom. The van der Waals surface area contributed by atoms with Gasteiger partial charge in [0.25, 0.3) is 5.56 Å².